The number of rotatable bonds is 8. The third-order valence-corrected chi connectivity index (χ3v) is 6.64. The Balaban J connectivity index is 1.88. The highest BCUT2D eigenvalue weighted by Crippen LogP contribution is 2.33. The molecule has 0 amide bonds. The molecule has 0 bridgehead atoms. The van der Waals surface area contributed by atoms with Crippen LogP contribution in [0.25, 0.3) is 0 Å². The zero-order chi connectivity index (χ0) is 15.1. The largest absolute Gasteiger partial charge is 0.314 e. The molecule has 0 radical (unpaired) electrons. The predicted octanol–water partition coefficient (Wildman–Crippen LogP) is 4.01. The molecule has 0 aromatic rings. The number of nitrogens with one attached hydrogen (secondary N) is 1. The summed E-state index contributed by atoms with van der Waals surface area (Å²) in [6, 6.07) is 1.61. The molecular weight excluding hydrogens is 276 g/mol. The van der Waals surface area contributed by atoms with Crippen molar-refractivity contribution in [2.24, 2.45) is 11.8 Å². The lowest BCUT2D eigenvalue weighted by molar-refractivity contribution is 0.132. The van der Waals surface area contributed by atoms with Crippen LogP contribution in [0.1, 0.15) is 58.8 Å². The third kappa shape index (κ3) is 5.44. The molecule has 0 aromatic heterocycles. The van der Waals surface area contributed by atoms with Crippen LogP contribution in [0.5, 0.6) is 0 Å². The zero-order valence-electron chi connectivity index (χ0n) is 14.4. The van der Waals surface area contributed by atoms with Crippen molar-refractivity contribution in [2.75, 3.05) is 31.6 Å². The number of hydrogen-bond donors (Lipinski definition) is 1. The van der Waals surface area contributed by atoms with Crippen LogP contribution >= 0.6 is 11.8 Å². The van der Waals surface area contributed by atoms with Crippen LogP contribution in [-0.2, 0) is 0 Å². The molecule has 0 spiro atoms. The van der Waals surface area contributed by atoms with Gasteiger partial charge in [-0.15, -0.1) is 0 Å². The molecule has 1 saturated carbocycles. The molecule has 1 aliphatic carbocycles. The van der Waals surface area contributed by atoms with E-state index in [0.29, 0.717) is 0 Å². The second kappa shape index (κ2) is 9.42. The first-order valence-electron chi connectivity index (χ1n) is 9.25. The quantitative estimate of drug-likeness (QED) is 0.729. The van der Waals surface area contributed by atoms with Gasteiger partial charge in [0.2, 0.25) is 0 Å². The second-order valence-electron chi connectivity index (χ2n) is 7.25. The fraction of sp³-hybridized carbons (Fsp3) is 1.00. The molecule has 1 saturated heterocycles. The molecule has 21 heavy (non-hydrogen) atoms. The minimum atomic E-state index is 0.773. The fourth-order valence-electron chi connectivity index (χ4n) is 4.22. The van der Waals surface area contributed by atoms with Gasteiger partial charge in [-0.05, 0) is 63.3 Å². The maximum atomic E-state index is 3.85. The van der Waals surface area contributed by atoms with Crippen molar-refractivity contribution < 1.29 is 0 Å². The van der Waals surface area contributed by atoms with E-state index in [-0.39, 0.29) is 0 Å². The van der Waals surface area contributed by atoms with Gasteiger partial charge in [0.25, 0.3) is 0 Å². The lowest BCUT2D eigenvalue weighted by atomic mass is 9.76. The van der Waals surface area contributed by atoms with E-state index in [4.69, 9.17) is 0 Å². The third-order valence-electron chi connectivity index (χ3n) is 5.50. The van der Waals surface area contributed by atoms with E-state index in [1.165, 1.54) is 69.5 Å². The Labute approximate surface area is 136 Å². The molecule has 0 aromatic carbocycles. The van der Waals surface area contributed by atoms with Crippen molar-refractivity contribution >= 4 is 11.8 Å². The molecule has 4 unspecified atom stereocenters. The average Bonchev–Trinajstić information content (AvgIpc) is 3.01. The van der Waals surface area contributed by atoms with Crippen LogP contribution in [0.2, 0.25) is 0 Å². The van der Waals surface area contributed by atoms with E-state index in [2.05, 4.69) is 42.9 Å². The number of thioether (sulfide) groups is 1. The zero-order valence-corrected chi connectivity index (χ0v) is 15.3. The Morgan fingerprint density at radius 3 is 2.67 bits per heavy atom. The van der Waals surface area contributed by atoms with Gasteiger partial charge in [0.15, 0.2) is 0 Å². The maximum Gasteiger partial charge on any atom is 0.0191 e. The van der Waals surface area contributed by atoms with Gasteiger partial charge in [0.1, 0.15) is 0 Å². The normalized spacial score (nSPS) is 33.7. The first-order valence-corrected chi connectivity index (χ1v) is 10.4. The molecule has 1 N–H and O–H groups in total. The Kier molecular flexibility index (Phi) is 7.90. The van der Waals surface area contributed by atoms with Gasteiger partial charge in [-0.3, -0.25) is 0 Å². The van der Waals surface area contributed by atoms with Gasteiger partial charge in [0.05, 0.1) is 0 Å². The number of nitrogens with zero attached hydrogens (tertiary/aromatic N) is 1. The Bertz CT molecular complexity index is 278. The van der Waals surface area contributed by atoms with E-state index < -0.39 is 0 Å². The summed E-state index contributed by atoms with van der Waals surface area (Å²) >= 11 is 2.14. The predicted molar refractivity (Wildman–Crippen MR) is 96.2 cm³/mol. The van der Waals surface area contributed by atoms with E-state index >= 15 is 0 Å². The molecule has 4 atom stereocenters. The topological polar surface area (TPSA) is 15.3 Å². The van der Waals surface area contributed by atoms with Crippen molar-refractivity contribution in [3.05, 3.63) is 0 Å². The number of hydrogen-bond acceptors (Lipinski definition) is 3. The van der Waals surface area contributed by atoms with Crippen molar-refractivity contribution in [2.45, 2.75) is 70.9 Å². The molecule has 124 valence electrons. The van der Waals surface area contributed by atoms with Crippen LogP contribution in [-0.4, -0.2) is 48.6 Å². The monoisotopic (exact) mass is 312 g/mol. The summed E-state index contributed by atoms with van der Waals surface area (Å²) in [6.07, 6.45) is 9.78. The smallest absolute Gasteiger partial charge is 0.0191 e. The Morgan fingerprint density at radius 2 is 2.00 bits per heavy atom. The van der Waals surface area contributed by atoms with Crippen molar-refractivity contribution in [3.8, 4) is 0 Å². The molecular formula is C18H36N2S. The standard InChI is InChI=1S/C18H36N2S/c1-4-6-15-7-8-18(19-10-5-2)16(12-15)13-20(3)17-9-11-21-14-17/h15-19H,4-14H2,1-3H3. The summed E-state index contributed by atoms with van der Waals surface area (Å²) in [5.41, 5.74) is 0. The molecule has 2 rings (SSSR count). The first kappa shape index (κ1) is 17.6. The van der Waals surface area contributed by atoms with Gasteiger partial charge in [-0.2, -0.15) is 11.8 Å². The van der Waals surface area contributed by atoms with Crippen molar-refractivity contribution in [1.82, 2.24) is 10.2 Å². The highest BCUT2D eigenvalue weighted by atomic mass is 32.2. The summed E-state index contributed by atoms with van der Waals surface area (Å²) in [5.74, 6) is 4.59. The highest BCUT2D eigenvalue weighted by Gasteiger charge is 2.32. The van der Waals surface area contributed by atoms with E-state index in [0.717, 1.165) is 23.9 Å². The van der Waals surface area contributed by atoms with E-state index in [1.54, 1.807) is 0 Å². The van der Waals surface area contributed by atoms with Crippen LogP contribution in [0, 0.1) is 11.8 Å². The van der Waals surface area contributed by atoms with Crippen molar-refractivity contribution in [3.63, 3.8) is 0 Å². The van der Waals surface area contributed by atoms with Crippen LogP contribution < -0.4 is 5.32 Å². The highest BCUT2D eigenvalue weighted by molar-refractivity contribution is 7.99. The summed E-state index contributed by atoms with van der Waals surface area (Å²) in [7, 11) is 2.37. The van der Waals surface area contributed by atoms with Crippen molar-refractivity contribution in [1.29, 1.82) is 0 Å². The van der Waals surface area contributed by atoms with E-state index in [9.17, 15) is 0 Å². The van der Waals surface area contributed by atoms with E-state index in [1.807, 2.05) is 0 Å². The first-order chi connectivity index (χ1) is 10.2. The summed E-state index contributed by atoms with van der Waals surface area (Å²) in [4.78, 5) is 2.68. The molecule has 2 fully saturated rings. The molecule has 3 heteroatoms. The van der Waals surface area contributed by atoms with Gasteiger partial charge >= 0.3 is 0 Å². The molecule has 1 heterocycles. The van der Waals surface area contributed by atoms with Gasteiger partial charge in [-0.1, -0.05) is 26.7 Å². The SMILES string of the molecule is CCCNC1CCC(CCC)CC1CN(C)C1CCSC1. The molecule has 2 nitrogen and oxygen atoms in total. The lowest BCUT2D eigenvalue weighted by Gasteiger charge is -2.40. The Morgan fingerprint density at radius 1 is 1.14 bits per heavy atom. The Hall–Kier alpha value is 0.270. The van der Waals surface area contributed by atoms with Crippen LogP contribution in [0.3, 0.4) is 0 Å². The minimum Gasteiger partial charge on any atom is -0.314 e. The van der Waals surface area contributed by atoms with Crippen LogP contribution in [0.15, 0.2) is 0 Å². The minimum absolute atomic E-state index is 0.773. The summed E-state index contributed by atoms with van der Waals surface area (Å²) in [5, 5.41) is 3.85. The van der Waals surface area contributed by atoms with Gasteiger partial charge in [0, 0.05) is 24.4 Å². The lowest BCUT2D eigenvalue weighted by Crippen LogP contribution is -2.47. The fourth-order valence-corrected chi connectivity index (χ4v) is 5.52. The summed E-state index contributed by atoms with van der Waals surface area (Å²) < 4.78 is 0. The van der Waals surface area contributed by atoms with Crippen LogP contribution in [0.4, 0.5) is 0 Å². The molecule has 1 aliphatic heterocycles. The van der Waals surface area contributed by atoms with Gasteiger partial charge in [-0.25, -0.2) is 0 Å². The molecule has 2 aliphatic rings. The summed E-state index contributed by atoms with van der Waals surface area (Å²) in [6.45, 7) is 7.14. The van der Waals surface area contributed by atoms with Gasteiger partial charge < -0.3 is 10.2 Å². The second-order valence-corrected chi connectivity index (χ2v) is 8.40. The maximum absolute atomic E-state index is 3.85. The average molecular weight is 313 g/mol.